The first-order valence-electron chi connectivity index (χ1n) is 6.00. The van der Waals surface area contributed by atoms with E-state index in [0.717, 1.165) is 22.1 Å². The van der Waals surface area contributed by atoms with Crippen LogP contribution >= 0.6 is 11.8 Å². The number of nitrogens with zero attached hydrogens (tertiary/aromatic N) is 4. The summed E-state index contributed by atoms with van der Waals surface area (Å²) in [4.78, 5) is 25.6. The maximum Gasteiger partial charge on any atom is 0.354 e. The molecule has 3 rings (SSSR count). The van der Waals surface area contributed by atoms with Crippen molar-refractivity contribution < 1.29 is 9.90 Å². The number of hydrogen-bond donors (Lipinski definition) is 1. The molecule has 0 bridgehead atoms. The summed E-state index contributed by atoms with van der Waals surface area (Å²) in [6.45, 7) is 1.35. The third-order valence-corrected chi connectivity index (χ3v) is 3.71. The van der Waals surface area contributed by atoms with Gasteiger partial charge in [0, 0.05) is 30.2 Å². The van der Waals surface area contributed by atoms with Crippen LogP contribution in [-0.2, 0) is 13.1 Å². The molecule has 6 nitrogen and oxygen atoms in total. The summed E-state index contributed by atoms with van der Waals surface area (Å²) < 4.78 is 0. The maximum atomic E-state index is 11.0. The van der Waals surface area contributed by atoms with Crippen molar-refractivity contribution in [3.8, 4) is 0 Å². The third-order valence-electron chi connectivity index (χ3n) is 3.14. The number of thioether (sulfide) groups is 1. The molecule has 1 aliphatic rings. The average molecular weight is 288 g/mol. The maximum absolute atomic E-state index is 11.0. The minimum absolute atomic E-state index is 0.0503. The number of anilines is 1. The van der Waals surface area contributed by atoms with Gasteiger partial charge in [-0.15, -0.1) is 0 Å². The first-order valence-corrected chi connectivity index (χ1v) is 7.23. The van der Waals surface area contributed by atoms with Gasteiger partial charge in [0.1, 0.15) is 5.69 Å². The van der Waals surface area contributed by atoms with Crippen molar-refractivity contribution in [3.63, 3.8) is 0 Å². The fraction of sp³-hybridized carbons (Fsp3) is 0.231. The summed E-state index contributed by atoms with van der Waals surface area (Å²) in [5.74, 6) is -1.02. The van der Waals surface area contributed by atoms with Crippen LogP contribution in [0, 0.1) is 0 Å². The Kier molecular flexibility index (Phi) is 3.27. The van der Waals surface area contributed by atoms with Crippen molar-refractivity contribution in [2.45, 2.75) is 18.2 Å². The number of carboxylic acids is 1. The van der Waals surface area contributed by atoms with Crippen LogP contribution < -0.4 is 4.90 Å². The molecule has 0 saturated carbocycles. The van der Waals surface area contributed by atoms with Crippen LogP contribution in [0.25, 0.3) is 0 Å². The smallest absolute Gasteiger partial charge is 0.354 e. The number of carbonyl (C=O) groups is 1. The lowest BCUT2D eigenvalue weighted by atomic mass is 10.3. The highest BCUT2D eigenvalue weighted by Crippen LogP contribution is 2.27. The molecule has 0 amide bonds. The van der Waals surface area contributed by atoms with Gasteiger partial charge in [-0.3, -0.25) is 0 Å². The lowest BCUT2D eigenvalue weighted by Crippen LogP contribution is -2.15. The van der Waals surface area contributed by atoms with Crippen molar-refractivity contribution in [1.82, 2.24) is 15.0 Å². The van der Waals surface area contributed by atoms with Crippen LogP contribution in [0.5, 0.6) is 0 Å². The van der Waals surface area contributed by atoms with Gasteiger partial charge in [-0.05, 0) is 18.4 Å². The number of pyridine rings is 1. The van der Waals surface area contributed by atoms with Crippen molar-refractivity contribution in [1.29, 1.82) is 0 Å². The lowest BCUT2D eigenvalue weighted by molar-refractivity contribution is 0.0690. The quantitative estimate of drug-likeness (QED) is 0.681. The van der Waals surface area contributed by atoms with E-state index in [9.17, 15) is 4.79 Å². The zero-order valence-corrected chi connectivity index (χ0v) is 11.6. The van der Waals surface area contributed by atoms with E-state index in [1.807, 2.05) is 12.5 Å². The Morgan fingerprint density at radius 3 is 3.00 bits per heavy atom. The second kappa shape index (κ2) is 5.09. The van der Waals surface area contributed by atoms with E-state index in [2.05, 4.69) is 19.9 Å². The Morgan fingerprint density at radius 1 is 1.40 bits per heavy atom. The minimum atomic E-state index is -1.02. The van der Waals surface area contributed by atoms with Gasteiger partial charge in [0.05, 0.1) is 12.2 Å². The molecule has 0 saturated heterocycles. The molecular formula is C13H12N4O2S. The number of aromatic nitrogens is 3. The molecule has 7 heteroatoms. The van der Waals surface area contributed by atoms with Gasteiger partial charge in [-0.1, -0.05) is 11.8 Å². The Bertz CT molecular complexity index is 677. The van der Waals surface area contributed by atoms with E-state index in [4.69, 9.17) is 5.11 Å². The van der Waals surface area contributed by atoms with Crippen LogP contribution in [0.3, 0.4) is 0 Å². The van der Waals surface area contributed by atoms with Crippen LogP contribution in [0.2, 0.25) is 0 Å². The molecule has 3 heterocycles. The number of hydrogen-bond acceptors (Lipinski definition) is 6. The summed E-state index contributed by atoms with van der Waals surface area (Å²) in [7, 11) is 0. The molecule has 0 spiro atoms. The molecule has 0 unspecified atom stereocenters. The molecule has 2 aromatic rings. The zero-order chi connectivity index (χ0) is 14.1. The highest BCUT2D eigenvalue weighted by atomic mass is 32.2. The first-order chi connectivity index (χ1) is 9.67. The van der Waals surface area contributed by atoms with Gasteiger partial charge < -0.3 is 10.0 Å². The summed E-state index contributed by atoms with van der Waals surface area (Å²) in [5.41, 5.74) is 2.96. The third kappa shape index (κ3) is 2.32. The van der Waals surface area contributed by atoms with Gasteiger partial charge in [0.15, 0.2) is 5.16 Å². The molecule has 102 valence electrons. The van der Waals surface area contributed by atoms with E-state index in [-0.39, 0.29) is 5.69 Å². The normalized spacial score (nSPS) is 13.3. The summed E-state index contributed by atoms with van der Waals surface area (Å²) in [6, 6.07) is 3.39. The largest absolute Gasteiger partial charge is 0.477 e. The van der Waals surface area contributed by atoms with E-state index >= 15 is 0 Å². The second-order valence-electron chi connectivity index (χ2n) is 4.39. The highest BCUT2D eigenvalue weighted by Gasteiger charge is 2.22. The first kappa shape index (κ1) is 12.9. The molecule has 0 fully saturated rings. The van der Waals surface area contributed by atoms with Gasteiger partial charge in [-0.25, -0.2) is 19.7 Å². The predicted octanol–water partition coefficient (Wildman–Crippen LogP) is 1.81. The predicted molar refractivity (Wildman–Crippen MR) is 74.9 cm³/mol. The highest BCUT2D eigenvalue weighted by molar-refractivity contribution is 7.98. The molecule has 1 N–H and O–H groups in total. The number of fused-ring (bicyclic) bond motifs is 1. The molecule has 20 heavy (non-hydrogen) atoms. The molecule has 0 aromatic carbocycles. The SMILES string of the molecule is CSc1ncc2c(n1)CN(c1ccnc(C(=O)O)c1)C2. The van der Waals surface area contributed by atoms with Crippen molar-refractivity contribution in [2.24, 2.45) is 0 Å². The van der Waals surface area contributed by atoms with Crippen LogP contribution in [0.1, 0.15) is 21.7 Å². The summed E-state index contributed by atoms with van der Waals surface area (Å²) in [5, 5.41) is 9.74. The van der Waals surface area contributed by atoms with Crippen LogP contribution in [0.4, 0.5) is 5.69 Å². The van der Waals surface area contributed by atoms with Crippen molar-refractivity contribution >= 4 is 23.4 Å². The van der Waals surface area contributed by atoms with Gasteiger partial charge in [0.25, 0.3) is 0 Å². The van der Waals surface area contributed by atoms with Crippen molar-refractivity contribution in [3.05, 3.63) is 41.5 Å². The summed E-state index contributed by atoms with van der Waals surface area (Å²) in [6.07, 6.45) is 5.30. The Balaban J connectivity index is 1.88. The Labute approximate surface area is 119 Å². The topological polar surface area (TPSA) is 79.2 Å². The molecule has 1 aliphatic heterocycles. The van der Waals surface area contributed by atoms with Crippen LogP contribution in [-0.4, -0.2) is 32.3 Å². The second-order valence-corrected chi connectivity index (χ2v) is 5.16. The Morgan fingerprint density at radius 2 is 2.25 bits per heavy atom. The molecular weight excluding hydrogens is 276 g/mol. The van der Waals surface area contributed by atoms with E-state index in [0.29, 0.717) is 13.1 Å². The molecule has 0 radical (unpaired) electrons. The molecule has 2 aromatic heterocycles. The monoisotopic (exact) mass is 288 g/mol. The fourth-order valence-corrected chi connectivity index (χ4v) is 2.51. The average Bonchev–Trinajstić information content (AvgIpc) is 2.90. The fourth-order valence-electron chi connectivity index (χ4n) is 2.15. The van der Waals surface area contributed by atoms with E-state index < -0.39 is 5.97 Å². The van der Waals surface area contributed by atoms with E-state index in [1.54, 1.807) is 12.1 Å². The van der Waals surface area contributed by atoms with Gasteiger partial charge >= 0.3 is 5.97 Å². The summed E-state index contributed by atoms with van der Waals surface area (Å²) >= 11 is 1.51. The lowest BCUT2D eigenvalue weighted by Gasteiger charge is -2.17. The van der Waals surface area contributed by atoms with Crippen molar-refractivity contribution in [2.75, 3.05) is 11.2 Å². The van der Waals surface area contributed by atoms with Gasteiger partial charge in [-0.2, -0.15) is 0 Å². The molecule has 0 aliphatic carbocycles. The zero-order valence-electron chi connectivity index (χ0n) is 10.8. The standard InChI is InChI=1S/C13H12N4O2S/c1-20-13-15-5-8-6-17(7-11(8)16-13)9-2-3-14-10(4-9)12(18)19/h2-5H,6-7H2,1H3,(H,18,19). The van der Waals surface area contributed by atoms with Crippen LogP contribution in [0.15, 0.2) is 29.7 Å². The minimum Gasteiger partial charge on any atom is -0.477 e. The number of carboxylic acid groups (broad SMARTS) is 1. The van der Waals surface area contributed by atoms with E-state index in [1.165, 1.54) is 18.0 Å². The number of rotatable bonds is 3. The molecule has 0 atom stereocenters. The van der Waals surface area contributed by atoms with Gasteiger partial charge in [0.2, 0.25) is 0 Å². The number of aromatic carboxylic acids is 1. The Hall–Kier alpha value is -2.15.